The first-order chi connectivity index (χ1) is 13.1. The molecule has 3 aromatic rings. The molecule has 0 saturated heterocycles. The second-order valence-corrected chi connectivity index (χ2v) is 6.73. The average Bonchev–Trinajstić information content (AvgIpc) is 3.16. The normalized spacial score (nSPS) is 10.4. The Kier molecular flexibility index (Phi) is 6.53. The van der Waals surface area contributed by atoms with Crippen LogP contribution in [0.2, 0.25) is 0 Å². The van der Waals surface area contributed by atoms with E-state index in [1.807, 2.05) is 48.5 Å². The fourth-order valence-corrected chi connectivity index (χ4v) is 2.76. The number of hydrogen-bond acceptors (Lipinski definition) is 6. The first-order valence-corrected chi connectivity index (χ1v) is 9.27. The van der Waals surface area contributed by atoms with E-state index in [4.69, 9.17) is 9.26 Å². The fraction of sp³-hybridized carbons (Fsp3) is 0.158. The van der Waals surface area contributed by atoms with Gasteiger partial charge < -0.3 is 14.6 Å². The van der Waals surface area contributed by atoms with E-state index in [-0.39, 0.29) is 19.4 Å². The second kappa shape index (κ2) is 9.26. The maximum Gasteiger partial charge on any atom is 0.306 e. The van der Waals surface area contributed by atoms with Crippen molar-refractivity contribution >= 4 is 40.2 Å². The molecule has 0 radical (unpaired) electrons. The summed E-state index contributed by atoms with van der Waals surface area (Å²) in [6.45, 7) is -0.344. The average molecular weight is 477 g/mol. The molecule has 0 aliphatic heterocycles. The fourth-order valence-electron chi connectivity index (χ4n) is 2.24. The maximum atomic E-state index is 11.9. The molecule has 0 bridgehead atoms. The number of esters is 1. The van der Waals surface area contributed by atoms with Crippen molar-refractivity contribution in [2.24, 2.45) is 0 Å². The Morgan fingerprint density at radius 1 is 1.07 bits per heavy atom. The molecule has 1 amide bonds. The molecule has 0 aliphatic rings. The van der Waals surface area contributed by atoms with Gasteiger partial charge in [-0.1, -0.05) is 47.6 Å². The molecule has 0 fully saturated rings. The van der Waals surface area contributed by atoms with Crippen LogP contribution in [0.25, 0.3) is 11.4 Å². The highest BCUT2D eigenvalue weighted by Gasteiger charge is 2.13. The third-order valence-electron chi connectivity index (χ3n) is 3.56. The van der Waals surface area contributed by atoms with Crippen molar-refractivity contribution in [3.8, 4) is 11.4 Å². The highest BCUT2D eigenvalue weighted by molar-refractivity contribution is 14.1. The lowest BCUT2D eigenvalue weighted by atomic mass is 10.2. The van der Waals surface area contributed by atoms with E-state index in [0.717, 1.165) is 9.13 Å². The van der Waals surface area contributed by atoms with Crippen molar-refractivity contribution in [1.29, 1.82) is 0 Å². The van der Waals surface area contributed by atoms with Gasteiger partial charge in [0, 0.05) is 15.6 Å². The molecule has 1 heterocycles. The minimum atomic E-state index is -0.507. The monoisotopic (exact) mass is 477 g/mol. The summed E-state index contributed by atoms with van der Waals surface area (Å²) in [5, 5.41) is 6.59. The Hall–Kier alpha value is -2.75. The van der Waals surface area contributed by atoms with Gasteiger partial charge in [0.2, 0.25) is 11.7 Å². The molecule has 0 aliphatic carbocycles. The van der Waals surface area contributed by atoms with Crippen LogP contribution in [0.5, 0.6) is 0 Å². The van der Waals surface area contributed by atoms with Crippen molar-refractivity contribution in [1.82, 2.24) is 10.1 Å². The van der Waals surface area contributed by atoms with Crippen LogP contribution in [-0.4, -0.2) is 28.6 Å². The molecular weight excluding hydrogens is 461 g/mol. The van der Waals surface area contributed by atoms with Crippen LogP contribution in [0.4, 0.5) is 5.69 Å². The van der Waals surface area contributed by atoms with Gasteiger partial charge >= 0.3 is 5.97 Å². The number of rotatable bonds is 7. The third kappa shape index (κ3) is 5.61. The van der Waals surface area contributed by atoms with Crippen LogP contribution in [0.3, 0.4) is 0 Å². The van der Waals surface area contributed by atoms with Crippen LogP contribution < -0.4 is 5.32 Å². The summed E-state index contributed by atoms with van der Waals surface area (Å²) in [6, 6.07) is 16.7. The molecule has 1 N–H and O–H groups in total. The molecule has 2 aromatic carbocycles. The second-order valence-electron chi connectivity index (χ2n) is 5.57. The highest BCUT2D eigenvalue weighted by Crippen LogP contribution is 2.17. The van der Waals surface area contributed by atoms with Gasteiger partial charge in [0.1, 0.15) is 0 Å². The number of hydrogen-bond donors (Lipinski definition) is 1. The lowest BCUT2D eigenvalue weighted by molar-refractivity contribution is -0.147. The van der Waals surface area contributed by atoms with Crippen molar-refractivity contribution < 1.29 is 18.8 Å². The summed E-state index contributed by atoms with van der Waals surface area (Å²) in [7, 11) is 0. The van der Waals surface area contributed by atoms with Crippen molar-refractivity contribution in [2.75, 3.05) is 11.9 Å². The van der Waals surface area contributed by atoms with Crippen LogP contribution in [0.1, 0.15) is 12.3 Å². The quantitative estimate of drug-likeness (QED) is 0.414. The van der Waals surface area contributed by atoms with Crippen LogP contribution in [0, 0.1) is 3.57 Å². The number of benzene rings is 2. The smallest absolute Gasteiger partial charge is 0.306 e. The zero-order chi connectivity index (χ0) is 19.1. The third-order valence-corrected chi connectivity index (χ3v) is 4.50. The van der Waals surface area contributed by atoms with Crippen molar-refractivity contribution in [2.45, 2.75) is 12.8 Å². The minimum absolute atomic E-state index is 0.0482. The van der Waals surface area contributed by atoms with E-state index >= 15 is 0 Å². The van der Waals surface area contributed by atoms with Gasteiger partial charge in [-0.3, -0.25) is 9.59 Å². The Balaban J connectivity index is 1.43. The Morgan fingerprint density at radius 3 is 2.59 bits per heavy atom. The number of carbonyl (C=O) groups is 2. The van der Waals surface area contributed by atoms with Crippen LogP contribution in [-0.2, 0) is 20.7 Å². The number of halogens is 1. The van der Waals surface area contributed by atoms with Gasteiger partial charge in [0.05, 0.1) is 12.1 Å². The molecule has 0 saturated carbocycles. The molecule has 0 atom stereocenters. The van der Waals surface area contributed by atoms with E-state index < -0.39 is 11.9 Å². The number of carbonyl (C=O) groups excluding carboxylic acids is 2. The van der Waals surface area contributed by atoms with Crippen molar-refractivity contribution in [3.05, 3.63) is 64.1 Å². The van der Waals surface area contributed by atoms with Gasteiger partial charge in [-0.05, 0) is 34.7 Å². The predicted octanol–water partition coefficient (Wildman–Crippen LogP) is 3.46. The summed E-state index contributed by atoms with van der Waals surface area (Å²) >= 11 is 2.12. The zero-order valence-corrected chi connectivity index (χ0v) is 16.4. The highest BCUT2D eigenvalue weighted by atomic mass is 127. The van der Waals surface area contributed by atoms with E-state index in [1.165, 1.54) is 0 Å². The maximum absolute atomic E-state index is 11.9. The number of ether oxygens (including phenoxy) is 1. The number of nitrogens with one attached hydrogen (secondary N) is 1. The molecule has 1 aromatic heterocycles. The van der Waals surface area contributed by atoms with Crippen LogP contribution in [0.15, 0.2) is 59.1 Å². The number of aryl methyl sites for hydroxylation is 1. The predicted molar refractivity (Wildman–Crippen MR) is 107 cm³/mol. The Morgan fingerprint density at radius 2 is 1.81 bits per heavy atom. The summed E-state index contributed by atoms with van der Waals surface area (Å²) < 4.78 is 11.0. The van der Waals surface area contributed by atoms with E-state index in [0.29, 0.717) is 17.4 Å². The SMILES string of the molecule is O=C(COC(=O)CCc1nc(-c2ccccc2)no1)Nc1ccccc1I. The Bertz CT molecular complexity index is 927. The number of aromatic nitrogens is 2. The number of amides is 1. The minimum Gasteiger partial charge on any atom is -0.456 e. The van der Waals surface area contributed by atoms with E-state index in [1.54, 1.807) is 6.07 Å². The molecular formula is C19H16IN3O4. The van der Waals surface area contributed by atoms with E-state index in [9.17, 15) is 9.59 Å². The van der Waals surface area contributed by atoms with Gasteiger partial charge in [0.15, 0.2) is 6.61 Å². The molecule has 0 spiro atoms. The first-order valence-electron chi connectivity index (χ1n) is 8.20. The van der Waals surface area contributed by atoms with Crippen molar-refractivity contribution in [3.63, 3.8) is 0 Å². The summed E-state index contributed by atoms with van der Waals surface area (Å²) in [6.07, 6.45) is 0.295. The van der Waals surface area contributed by atoms with Gasteiger partial charge in [-0.15, -0.1) is 0 Å². The Labute approximate surface area is 169 Å². The first kappa shape index (κ1) is 19.0. The molecule has 138 valence electrons. The lowest BCUT2D eigenvalue weighted by Crippen LogP contribution is -2.21. The summed E-state index contributed by atoms with van der Waals surface area (Å²) in [5.74, 6) is -0.0890. The molecule has 3 rings (SSSR count). The number of para-hydroxylation sites is 1. The molecule has 27 heavy (non-hydrogen) atoms. The lowest BCUT2D eigenvalue weighted by Gasteiger charge is -2.07. The molecule has 8 heteroatoms. The molecule has 0 unspecified atom stereocenters. The number of nitrogens with zero attached hydrogens (tertiary/aromatic N) is 2. The zero-order valence-electron chi connectivity index (χ0n) is 14.2. The number of anilines is 1. The van der Waals surface area contributed by atoms with Gasteiger partial charge in [-0.25, -0.2) is 0 Å². The van der Waals surface area contributed by atoms with E-state index in [2.05, 4.69) is 38.0 Å². The summed E-state index contributed by atoms with van der Waals surface area (Å²) in [5.41, 5.74) is 1.51. The molecule has 7 nitrogen and oxygen atoms in total. The van der Waals surface area contributed by atoms with Gasteiger partial charge in [-0.2, -0.15) is 4.98 Å². The largest absolute Gasteiger partial charge is 0.456 e. The standard InChI is InChI=1S/C19H16IN3O4/c20-14-8-4-5-9-15(14)21-16(24)12-26-18(25)11-10-17-22-19(23-27-17)13-6-2-1-3-7-13/h1-9H,10-12H2,(H,21,24). The summed E-state index contributed by atoms with van der Waals surface area (Å²) in [4.78, 5) is 27.9. The topological polar surface area (TPSA) is 94.3 Å². The van der Waals surface area contributed by atoms with Crippen LogP contribution >= 0.6 is 22.6 Å². The van der Waals surface area contributed by atoms with Gasteiger partial charge in [0.25, 0.3) is 5.91 Å².